The molecule has 7 nitrogen and oxygen atoms in total. The molecule has 0 saturated heterocycles. The summed E-state index contributed by atoms with van der Waals surface area (Å²) in [5.41, 5.74) is 6.01. The van der Waals surface area contributed by atoms with Gasteiger partial charge in [0, 0.05) is 6.54 Å². The molecule has 1 heterocycles. The zero-order valence-electron chi connectivity index (χ0n) is 13.0. The van der Waals surface area contributed by atoms with Gasteiger partial charge in [0.1, 0.15) is 19.3 Å². The molecule has 126 valence electrons. The van der Waals surface area contributed by atoms with E-state index in [1.807, 2.05) is 24.5 Å². The molecular weight excluding hydrogens is 318 g/mol. The van der Waals surface area contributed by atoms with Crippen LogP contribution in [0.2, 0.25) is 0 Å². The van der Waals surface area contributed by atoms with Crippen LogP contribution in [-0.4, -0.2) is 43.2 Å². The summed E-state index contributed by atoms with van der Waals surface area (Å²) in [6, 6.07) is 4.20. The van der Waals surface area contributed by atoms with E-state index in [9.17, 15) is 9.59 Å². The Bertz CT molecular complexity index is 568. The molecule has 23 heavy (non-hydrogen) atoms. The number of hydrogen-bond acceptors (Lipinski definition) is 5. The van der Waals surface area contributed by atoms with E-state index in [0.717, 1.165) is 11.3 Å². The highest BCUT2D eigenvalue weighted by atomic mass is 32.2. The monoisotopic (exact) mass is 339 g/mol. The number of fused-ring (bicyclic) bond motifs is 1. The van der Waals surface area contributed by atoms with Crippen molar-refractivity contribution in [1.29, 1.82) is 0 Å². The van der Waals surface area contributed by atoms with Gasteiger partial charge in [0.15, 0.2) is 11.5 Å². The summed E-state index contributed by atoms with van der Waals surface area (Å²) in [7, 11) is 0. The van der Waals surface area contributed by atoms with Gasteiger partial charge in [-0.2, -0.15) is 11.8 Å². The molecule has 3 amide bonds. The zero-order valence-corrected chi connectivity index (χ0v) is 13.8. The molecule has 0 aromatic heterocycles. The van der Waals surface area contributed by atoms with Gasteiger partial charge in [-0.25, -0.2) is 4.79 Å². The largest absolute Gasteiger partial charge is 0.486 e. The third kappa shape index (κ3) is 5.24. The third-order valence-corrected chi connectivity index (χ3v) is 3.96. The number of carbonyl (C=O) groups is 2. The molecule has 0 aliphatic carbocycles. The number of nitrogens with one attached hydrogen (secondary N) is 2. The smallest absolute Gasteiger partial charge is 0.312 e. The molecule has 0 saturated carbocycles. The minimum absolute atomic E-state index is 0.257. The highest BCUT2D eigenvalue weighted by Gasteiger charge is 2.19. The van der Waals surface area contributed by atoms with E-state index in [4.69, 9.17) is 15.2 Å². The van der Waals surface area contributed by atoms with Crippen LogP contribution in [0.1, 0.15) is 12.0 Å². The second kappa shape index (κ2) is 8.52. The van der Waals surface area contributed by atoms with Crippen LogP contribution in [0.4, 0.5) is 4.79 Å². The van der Waals surface area contributed by atoms with E-state index in [1.165, 1.54) is 0 Å². The fourth-order valence-corrected chi connectivity index (χ4v) is 2.66. The summed E-state index contributed by atoms with van der Waals surface area (Å²) in [4.78, 5) is 23.2. The van der Waals surface area contributed by atoms with Crippen LogP contribution in [0.25, 0.3) is 0 Å². The summed E-state index contributed by atoms with van der Waals surface area (Å²) < 4.78 is 11.0. The van der Waals surface area contributed by atoms with Gasteiger partial charge < -0.3 is 25.8 Å². The van der Waals surface area contributed by atoms with Crippen molar-refractivity contribution in [3.8, 4) is 11.5 Å². The number of amides is 3. The maximum absolute atomic E-state index is 12.2. The van der Waals surface area contributed by atoms with Gasteiger partial charge in [-0.15, -0.1) is 0 Å². The first-order chi connectivity index (χ1) is 11.1. The Labute approximate surface area is 139 Å². The first-order valence-corrected chi connectivity index (χ1v) is 8.70. The van der Waals surface area contributed by atoms with Crippen molar-refractivity contribution in [2.24, 2.45) is 5.73 Å². The van der Waals surface area contributed by atoms with Crippen molar-refractivity contribution in [3.63, 3.8) is 0 Å². The van der Waals surface area contributed by atoms with E-state index < -0.39 is 12.1 Å². The Morgan fingerprint density at radius 3 is 2.74 bits per heavy atom. The number of primary amides is 1. The Balaban J connectivity index is 1.92. The number of urea groups is 1. The van der Waals surface area contributed by atoms with Crippen molar-refractivity contribution in [2.45, 2.75) is 19.0 Å². The summed E-state index contributed by atoms with van der Waals surface area (Å²) in [6.07, 6.45) is 2.46. The molecule has 0 spiro atoms. The van der Waals surface area contributed by atoms with Gasteiger partial charge >= 0.3 is 6.03 Å². The summed E-state index contributed by atoms with van der Waals surface area (Å²) in [6.45, 7) is 1.40. The van der Waals surface area contributed by atoms with E-state index >= 15 is 0 Å². The van der Waals surface area contributed by atoms with Crippen LogP contribution >= 0.6 is 11.8 Å². The molecule has 4 N–H and O–H groups in total. The lowest BCUT2D eigenvalue weighted by molar-refractivity contribution is -0.123. The fourth-order valence-electron chi connectivity index (χ4n) is 2.19. The molecule has 0 radical (unpaired) electrons. The standard InChI is InChI=1S/C15H21N3O4S/c1-23-7-4-11(18-15(16)20)14(19)17-9-10-2-3-12-13(8-10)22-6-5-21-12/h2-3,8,11H,4-7,9H2,1H3,(H,17,19)(H3,16,18,20). The van der Waals surface area contributed by atoms with E-state index in [1.54, 1.807) is 11.8 Å². The van der Waals surface area contributed by atoms with Crippen molar-refractivity contribution < 1.29 is 19.1 Å². The molecule has 1 aliphatic heterocycles. The number of benzene rings is 1. The normalized spacial score (nSPS) is 14.0. The SMILES string of the molecule is CSCCC(NC(N)=O)C(=O)NCc1ccc2c(c1)OCCO2. The maximum atomic E-state index is 12.2. The van der Waals surface area contributed by atoms with E-state index in [2.05, 4.69) is 10.6 Å². The number of rotatable bonds is 7. The Hall–Kier alpha value is -2.09. The molecule has 1 aliphatic rings. The molecule has 0 fully saturated rings. The number of hydrogen-bond donors (Lipinski definition) is 3. The van der Waals surface area contributed by atoms with Crippen LogP contribution in [0.3, 0.4) is 0 Å². The predicted octanol–water partition coefficient (Wildman–Crippen LogP) is 0.864. The maximum Gasteiger partial charge on any atom is 0.312 e. The lowest BCUT2D eigenvalue weighted by Crippen LogP contribution is -2.48. The van der Waals surface area contributed by atoms with Gasteiger partial charge in [0.2, 0.25) is 5.91 Å². The van der Waals surface area contributed by atoms with Gasteiger partial charge in [-0.05, 0) is 36.1 Å². The predicted molar refractivity (Wildman–Crippen MR) is 88.8 cm³/mol. The Morgan fingerprint density at radius 1 is 1.30 bits per heavy atom. The quantitative estimate of drug-likeness (QED) is 0.684. The molecule has 1 aromatic rings. The summed E-state index contributed by atoms with van der Waals surface area (Å²) in [5, 5.41) is 5.27. The van der Waals surface area contributed by atoms with Crippen LogP contribution in [0.5, 0.6) is 11.5 Å². The number of ether oxygens (including phenoxy) is 2. The highest BCUT2D eigenvalue weighted by molar-refractivity contribution is 7.98. The first-order valence-electron chi connectivity index (χ1n) is 7.31. The molecule has 0 bridgehead atoms. The summed E-state index contributed by atoms with van der Waals surface area (Å²) in [5.74, 6) is 1.88. The Morgan fingerprint density at radius 2 is 2.04 bits per heavy atom. The van der Waals surface area contributed by atoms with E-state index in [-0.39, 0.29) is 5.91 Å². The third-order valence-electron chi connectivity index (χ3n) is 3.32. The average Bonchev–Trinajstić information content (AvgIpc) is 2.56. The summed E-state index contributed by atoms with van der Waals surface area (Å²) >= 11 is 1.60. The Kier molecular flexibility index (Phi) is 6.40. The molecule has 2 rings (SSSR count). The minimum Gasteiger partial charge on any atom is -0.486 e. The average molecular weight is 339 g/mol. The molecule has 8 heteroatoms. The van der Waals surface area contributed by atoms with Gasteiger partial charge in [-0.1, -0.05) is 6.07 Å². The van der Waals surface area contributed by atoms with Crippen LogP contribution in [-0.2, 0) is 11.3 Å². The van der Waals surface area contributed by atoms with Crippen LogP contribution in [0.15, 0.2) is 18.2 Å². The molecular formula is C15H21N3O4S. The van der Waals surface area contributed by atoms with Crippen molar-refractivity contribution in [3.05, 3.63) is 23.8 Å². The highest BCUT2D eigenvalue weighted by Crippen LogP contribution is 2.30. The number of carbonyl (C=O) groups excluding carboxylic acids is 2. The number of thioether (sulfide) groups is 1. The van der Waals surface area contributed by atoms with Gasteiger partial charge in [0.05, 0.1) is 0 Å². The lowest BCUT2D eigenvalue weighted by atomic mass is 10.1. The first kappa shape index (κ1) is 17.3. The molecule has 1 unspecified atom stereocenters. The zero-order chi connectivity index (χ0) is 16.7. The lowest BCUT2D eigenvalue weighted by Gasteiger charge is -2.20. The molecule has 1 atom stereocenters. The molecule has 1 aromatic carbocycles. The number of nitrogens with two attached hydrogens (primary N) is 1. The van der Waals surface area contributed by atoms with Crippen LogP contribution < -0.4 is 25.8 Å². The van der Waals surface area contributed by atoms with E-state index in [0.29, 0.717) is 37.7 Å². The topological polar surface area (TPSA) is 103 Å². The van der Waals surface area contributed by atoms with Crippen LogP contribution in [0, 0.1) is 0 Å². The second-order valence-electron chi connectivity index (χ2n) is 5.04. The van der Waals surface area contributed by atoms with Gasteiger partial charge in [-0.3, -0.25) is 4.79 Å². The van der Waals surface area contributed by atoms with Crippen molar-refractivity contribution >= 4 is 23.7 Å². The minimum atomic E-state index is -0.703. The fraction of sp³-hybridized carbons (Fsp3) is 0.467. The van der Waals surface area contributed by atoms with Crippen molar-refractivity contribution in [2.75, 3.05) is 25.2 Å². The second-order valence-corrected chi connectivity index (χ2v) is 6.02. The van der Waals surface area contributed by atoms with Gasteiger partial charge in [0.25, 0.3) is 0 Å². The van der Waals surface area contributed by atoms with Crippen molar-refractivity contribution in [1.82, 2.24) is 10.6 Å².